The molecule has 1 saturated carbocycles. The fourth-order valence-corrected chi connectivity index (χ4v) is 3.08. The molecule has 0 aliphatic heterocycles. The summed E-state index contributed by atoms with van der Waals surface area (Å²) in [5, 5.41) is 3.13. The van der Waals surface area contributed by atoms with Gasteiger partial charge in [0.05, 0.1) is 13.5 Å². The minimum Gasteiger partial charge on any atom is -0.477 e. The van der Waals surface area contributed by atoms with E-state index in [-0.39, 0.29) is 18.1 Å². The molecule has 2 aromatic rings. The van der Waals surface area contributed by atoms with Crippen molar-refractivity contribution in [3.8, 4) is 11.8 Å². The third kappa shape index (κ3) is 4.92. The Morgan fingerprint density at radius 1 is 1.08 bits per heavy atom. The quantitative estimate of drug-likeness (QED) is 0.874. The molecule has 1 N–H and O–H groups in total. The van der Waals surface area contributed by atoms with E-state index in [2.05, 4.69) is 15.3 Å². The molecule has 1 amide bonds. The Hall–Kier alpha value is -2.63. The highest BCUT2D eigenvalue weighted by molar-refractivity contribution is 5.78. The monoisotopic (exact) mass is 341 g/mol. The average molecular weight is 341 g/mol. The molecule has 1 aromatic heterocycles. The lowest BCUT2D eigenvalue weighted by Crippen LogP contribution is -2.40. The molecule has 25 heavy (non-hydrogen) atoms. The van der Waals surface area contributed by atoms with Crippen molar-refractivity contribution in [3.05, 3.63) is 48.3 Å². The second-order valence-electron chi connectivity index (χ2n) is 6.19. The maximum absolute atomic E-state index is 12.2. The molecule has 6 heteroatoms. The van der Waals surface area contributed by atoms with Gasteiger partial charge in [-0.15, -0.1) is 0 Å². The number of rotatable bonds is 6. The van der Waals surface area contributed by atoms with Crippen molar-refractivity contribution in [3.63, 3.8) is 0 Å². The van der Waals surface area contributed by atoms with Crippen molar-refractivity contribution in [2.24, 2.45) is 0 Å². The summed E-state index contributed by atoms with van der Waals surface area (Å²) in [6, 6.07) is 10.0. The van der Waals surface area contributed by atoms with Gasteiger partial charge in [0.15, 0.2) is 0 Å². The number of nitrogens with zero attached hydrogens (tertiary/aromatic N) is 2. The molecule has 1 aliphatic carbocycles. The third-order valence-corrected chi connectivity index (χ3v) is 4.35. The topological polar surface area (TPSA) is 73.3 Å². The average Bonchev–Trinajstić information content (AvgIpc) is 2.64. The molecule has 0 bridgehead atoms. The van der Waals surface area contributed by atoms with E-state index in [0.717, 1.165) is 31.2 Å². The summed E-state index contributed by atoms with van der Waals surface area (Å²) in [6.07, 6.45) is 7.20. The summed E-state index contributed by atoms with van der Waals surface area (Å²) < 4.78 is 11.1. The van der Waals surface area contributed by atoms with Gasteiger partial charge in [-0.2, -0.15) is 0 Å². The van der Waals surface area contributed by atoms with Crippen molar-refractivity contribution in [1.29, 1.82) is 0 Å². The van der Waals surface area contributed by atoms with Crippen molar-refractivity contribution in [2.75, 3.05) is 7.11 Å². The molecule has 1 aromatic carbocycles. The predicted molar refractivity (Wildman–Crippen MR) is 93.5 cm³/mol. The molecule has 0 radical (unpaired) electrons. The van der Waals surface area contributed by atoms with Gasteiger partial charge in [0, 0.05) is 18.4 Å². The SMILES string of the molecule is COc1nccnc1OC1CCC(NC(=O)Cc2ccccc2)CC1. The Labute approximate surface area is 147 Å². The van der Waals surface area contributed by atoms with Crippen LogP contribution >= 0.6 is 0 Å². The van der Waals surface area contributed by atoms with Crippen LogP contribution in [-0.4, -0.2) is 35.1 Å². The first-order valence-corrected chi connectivity index (χ1v) is 8.59. The Bertz CT molecular complexity index is 685. The Balaban J connectivity index is 1.45. The van der Waals surface area contributed by atoms with E-state index in [0.29, 0.717) is 18.2 Å². The summed E-state index contributed by atoms with van der Waals surface area (Å²) in [5.41, 5.74) is 1.03. The van der Waals surface area contributed by atoms with Gasteiger partial charge < -0.3 is 14.8 Å². The smallest absolute Gasteiger partial charge is 0.278 e. The molecule has 1 aliphatic rings. The van der Waals surface area contributed by atoms with Crippen LogP contribution in [0, 0.1) is 0 Å². The Morgan fingerprint density at radius 3 is 2.44 bits per heavy atom. The molecule has 1 fully saturated rings. The number of benzene rings is 1. The fourth-order valence-electron chi connectivity index (χ4n) is 3.08. The van der Waals surface area contributed by atoms with E-state index in [4.69, 9.17) is 9.47 Å². The summed E-state index contributed by atoms with van der Waals surface area (Å²) in [7, 11) is 1.55. The van der Waals surface area contributed by atoms with E-state index < -0.39 is 0 Å². The first-order chi connectivity index (χ1) is 12.2. The zero-order valence-corrected chi connectivity index (χ0v) is 14.4. The molecule has 0 spiro atoms. The van der Waals surface area contributed by atoms with Crippen molar-refractivity contribution in [2.45, 2.75) is 44.2 Å². The van der Waals surface area contributed by atoms with E-state index >= 15 is 0 Å². The highest BCUT2D eigenvalue weighted by Gasteiger charge is 2.25. The van der Waals surface area contributed by atoms with Crippen LogP contribution in [0.2, 0.25) is 0 Å². The lowest BCUT2D eigenvalue weighted by Gasteiger charge is -2.29. The van der Waals surface area contributed by atoms with Crippen LogP contribution in [0.3, 0.4) is 0 Å². The van der Waals surface area contributed by atoms with Gasteiger partial charge in [0.2, 0.25) is 5.91 Å². The lowest BCUT2D eigenvalue weighted by molar-refractivity contribution is -0.121. The van der Waals surface area contributed by atoms with E-state index in [1.165, 1.54) is 0 Å². The van der Waals surface area contributed by atoms with Crippen LogP contribution in [0.1, 0.15) is 31.2 Å². The van der Waals surface area contributed by atoms with Crippen LogP contribution in [0.5, 0.6) is 11.8 Å². The van der Waals surface area contributed by atoms with Gasteiger partial charge >= 0.3 is 0 Å². The maximum Gasteiger partial charge on any atom is 0.278 e. The maximum atomic E-state index is 12.2. The second-order valence-corrected chi connectivity index (χ2v) is 6.19. The van der Waals surface area contributed by atoms with E-state index in [1.807, 2.05) is 30.3 Å². The Morgan fingerprint density at radius 2 is 1.76 bits per heavy atom. The molecule has 0 atom stereocenters. The number of hydrogen-bond donors (Lipinski definition) is 1. The zero-order valence-electron chi connectivity index (χ0n) is 14.4. The minimum absolute atomic E-state index is 0.0752. The van der Waals surface area contributed by atoms with Crippen LogP contribution in [0.4, 0.5) is 0 Å². The zero-order chi connectivity index (χ0) is 17.5. The second kappa shape index (κ2) is 8.46. The number of ether oxygens (including phenoxy) is 2. The highest BCUT2D eigenvalue weighted by Crippen LogP contribution is 2.27. The summed E-state index contributed by atoms with van der Waals surface area (Å²) in [4.78, 5) is 20.4. The van der Waals surface area contributed by atoms with Crippen LogP contribution in [0.25, 0.3) is 0 Å². The highest BCUT2D eigenvalue weighted by atomic mass is 16.5. The summed E-state index contributed by atoms with van der Waals surface area (Å²) in [6.45, 7) is 0. The minimum atomic E-state index is 0.0752. The number of amides is 1. The molecule has 132 valence electrons. The number of nitrogens with one attached hydrogen (secondary N) is 1. The van der Waals surface area contributed by atoms with Gasteiger partial charge in [-0.25, -0.2) is 9.97 Å². The van der Waals surface area contributed by atoms with Gasteiger partial charge in [-0.3, -0.25) is 4.79 Å². The van der Waals surface area contributed by atoms with Crippen LogP contribution < -0.4 is 14.8 Å². The number of carbonyl (C=O) groups excluding carboxylic acids is 1. The summed E-state index contributed by atoms with van der Waals surface area (Å²) >= 11 is 0. The molecule has 0 saturated heterocycles. The molecule has 3 rings (SSSR count). The normalized spacial score (nSPS) is 19.9. The van der Waals surface area contributed by atoms with Crippen LogP contribution in [0.15, 0.2) is 42.7 Å². The van der Waals surface area contributed by atoms with E-state index in [9.17, 15) is 4.79 Å². The molecule has 0 unspecified atom stereocenters. The van der Waals surface area contributed by atoms with Crippen LogP contribution in [-0.2, 0) is 11.2 Å². The number of carbonyl (C=O) groups is 1. The van der Waals surface area contributed by atoms with E-state index in [1.54, 1.807) is 19.5 Å². The van der Waals surface area contributed by atoms with Crippen molar-refractivity contribution >= 4 is 5.91 Å². The van der Waals surface area contributed by atoms with Crippen molar-refractivity contribution in [1.82, 2.24) is 15.3 Å². The molecule has 6 nitrogen and oxygen atoms in total. The van der Waals surface area contributed by atoms with Gasteiger partial charge in [0.1, 0.15) is 6.10 Å². The lowest BCUT2D eigenvalue weighted by atomic mass is 9.92. The van der Waals surface area contributed by atoms with Gasteiger partial charge in [-0.1, -0.05) is 30.3 Å². The molecular formula is C19H23N3O3. The number of methoxy groups -OCH3 is 1. The summed E-state index contributed by atoms with van der Waals surface area (Å²) in [5.74, 6) is 0.911. The standard InChI is InChI=1S/C19H23N3O3/c1-24-18-19(21-12-11-20-18)25-16-9-7-15(8-10-16)22-17(23)13-14-5-3-2-4-6-14/h2-6,11-12,15-16H,7-10,13H2,1H3,(H,22,23). The predicted octanol–water partition coefficient (Wildman–Crippen LogP) is 2.53. The molecule has 1 heterocycles. The first-order valence-electron chi connectivity index (χ1n) is 8.59. The van der Waals surface area contributed by atoms with Gasteiger partial charge in [0.25, 0.3) is 11.8 Å². The largest absolute Gasteiger partial charge is 0.477 e. The van der Waals surface area contributed by atoms with Crippen molar-refractivity contribution < 1.29 is 14.3 Å². The Kier molecular flexibility index (Phi) is 5.82. The first kappa shape index (κ1) is 17.2. The number of hydrogen-bond acceptors (Lipinski definition) is 5. The van der Waals surface area contributed by atoms with Gasteiger partial charge in [-0.05, 0) is 31.2 Å². The number of aromatic nitrogens is 2. The fraction of sp³-hybridized carbons (Fsp3) is 0.421. The molecular weight excluding hydrogens is 318 g/mol. The third-order valence-electron chi connectivity index (χ3n) is 4.35.